The number of aliphatic hydroxyl groups is 1. The third-order valence-electron chi connectivity index (χ3n) is 5.00. The SMILES string of the molecule is N#Cc1ccc(CN2CCCC2C2CCCC2O)c(F)c1. The maximum Gasteiger partial charge on any atom is 0.129 e. The van der Waals surface area contributed by atoms with Gasteiger partial charge in [0.05, 0.1) is 17.7 Å². The molecule has 1 saturated heterocycles. The summed E-state index contributed by atoms with van der Waals surface area (Å²) >= 11 is 0. The van der Waals surface area contributed by atoms with Crippen molar-refractivity contribution < 1.29 is 9.50 Å². The molecule has 3 unspecified atom stereocenters. The zero-order valence-corrected chi connectivity index (χ0v) is 12.1. The third-order valence-corrected chi connectivity index (χ3v) is 5.00. The van der Waals surface area contributed by atoms with Gasteiger partial charge in [-0.3, -0.25) is 4.90 Å². The predicted octanol–water partition coefficient (Wildman–Crippen LogP) is 2.82. The Morgan fingerprint density at radius 3 is 2.81 bits per heavy atom. The molecular weight excluding hydrogens is 267 g/mol. The molecule has 1 aliphatic carbocycles. The second kappa shape index (κ2) is 6.13. The zero-order valence-electron chi connectivity index (χ0n) is 12.1. The van der Waals surface area contributed by atoms with E-state index in [2.05, 4.69) is 4.90 Å². The van der Waals surface area contributed by atoms with Crippen molar-refractivity contribution in [1.29, 1.82) is 5.26 Å². The van der Waals surface area contributed by atoms with Crippen LogP contribution in [0.4, 0.5) is 4.39 Å². The molecule has 1 aromatic rings. The van der Waals surface area contributed by atoms with E-state index in [0.717, 1.165) is 38.6 Å². The molecule has 0 spiro atoms. The topological polar surface area (TPSA) is 47.3 Å². The lowest BCUT2D eigenvalue weighted by molar-refractivity contribution is 0.0715. The molecule has 21 heavy (non-hydrogen) atoms. The Kier molecular flexibility index (Phi) is 4.23. The second-order valence-corrected chi connectivity index (χ2v) is 6.26. The van der Waals surface area contributed by atoms with Crippen LogP contribution in [0, 0.1) is 23.1 Å². The highest BCUT2D eigenvalue weighted by atomic mass is 19.1. The fourth-order valence-corrected chi connectivity index (χ4v) is 3.91. The molecular formula is C17H21FN2O. The molecule has 2 fully saturated rings. The van der Waals surface area contributed by atoms with Crippen LogP contribution in [0.3, 0.4) is 0 Å². The molecule has 3 rings (SSSR count). The Balaban J connectivity index is 1.73. The molecule has 3 nitrogen and oxygen atoms in total. The van der Waals surface area contributed by atoms with Crippen molar-refractivity contribution in [1.82, 2.24) is 4.90 Å². The molecule has 3 atom stereocenters. The number of nitrogens with zero attached hydrogens (tertiary/aromatic N) is 2. The Morgan fingerprint density at radius 1 is 1.29 bits per heavy atom. The van der Waals surface area contributed by atoms with Crippen molar-refractivity contribution in [3.63, 3.8) is 0 Å². The van der Waals surface area contributed by atoms with Crippen LogP contribution in [0.2, 0.25) is 0 Å². The Morgan fingerprint density at radius 2 is 2.14 bits per heavy atom. The summed E-state index contributed by atoms with van der Waals surface area (Å²) in [5.74, 6) is 0.0422. The lowest BCUT2D eigenvalue weighted by atomic mass is 9.94. The van der Waals surface area contributed by atoms with Crippen molar-refractivity contribution >= 4 is 0 Å². The van der Waals surface area contributed by atoms with Crippen molar-refractivity contribution in [2.24, 2.45) is 5.92 Å². The highest BCUT2D eigenvalue weighted by molar-refractivity contribution is 5.32. The van der Waals surface area contributed by atoms with Gasteiger partial charge in [0.1, 0.15) is 5.82 Å². The van der Waals surface area contributed by atoms with E-state index < -0.39 is 0 Å². The first-order valence-corrected chi connectivity index (χ1v) is 7.79. The van der Waals surface area contributed by atoms with Gasteiger partial charge in [-0.2, -0.15) is 5.26 Å². The normalized spacial score (nSPS) is 29.7. The summed E-state index contributed by atoms with van der Waals surface area (Å²) in [6, 6.07) is 7.04. The quantitative estimate of drug-likeness (QED) is 0.930. The van der Waals surface area contributed by atoms with Crippen LogP contribution >= 0.6 is 0 Å². The summed E-state index contributed by atoms with van der Waals surface area (Å²) in [6.45, 7) is 1.54. The molecule has 112 valence electrons. The van der Waals surface area contributed by atoms with Gasteiger partial charge in [-0.1, -0.05) is 12.5 Å². The number of rotatable bonds is 3. The van der Waals surface area contributed by atoms with Gasteiger partial charge in [0.15, 0.2) is 0 Å². The summed E-state index contributed by atoms with van der Waals surface area (Å²) in [4.78, 5) is 2.31. The van der Waals surface area contributed by atoms with Crippen molar-refractivity contribution in [3.05, 3.63) is 35.1 Å². The minimum Gasteiger partial charge on any atom is -0.393 e. The van der Waals surface area contributed by atoms with Crippen molar-refractivity contribution in [2.75, 3.05) is 6.54 Å². The van der Waals surface area contributed by atoms with E-state index in [4.69, 9.17) is 5.26 Å². The van der Waals surface area contributed by atoms with Crippen LogP contribution in [0.1, 0.15) is 43.2 Å². The predicted molar refractivity (Wildman–Crippen MR) is 77.9 cm³/mol. The minimum absolute atomic E-state index is 0.193. The molecule has 1 N–H and O–H groups in total. The van der Waals surface area contributed by atoms with Gasteiger partial charge in [-0.15, -0.1) is 0 Å². The maximum atomic E-state index is 14.0. The van der Waals surface area contributed by atoms with Gasteiger partial charge in [0.2, 0.25) is 0 Å². The average Bonchev–Trinajstić information content (AvgIpc) is 3.09. The van der Waals surface area contributed by atoms with E-state index in [9.17, 15) is 9.50 Å². The largest absolute Gasteiger partial charge is 0.393 e. The highest BCUT2D eigenvalue weighted by Gasteiger charge is 2.38. The lowest BCUT2D eigenvalue weighted by Crippen LogP contribution is -2.38. The summed E-state index contributed by atoms with van der Waals surface area (Å²) in [6.07, 6.45) is 5.10. The second-order valence-electron chi connectivity index (χ2n) is 6.26. The standard InChI is InChI=1S/C17H21FN2O/c18-15-9-12(10-19)6-7-13(15)11-20-8-2-4-16(20)14-3-1-5-17(14)21/h6-7,9,14,16-17,21H,1-5,8,11H2. The molecule has 0 amide bonds. The van der Waals surface area contributed by atoms with Crippen LogP contribution in [0.15, 0.2) is 18.2 Å². The van der Waals surface area contributed by atoms with Gasteiger partial charge in [0, 0.05) is 24.1 Å². The average molecular weight is 288 g/mol. The van der Waals surface area contributed by atoms with E-state index >= 15 is 0 Å². The minimum atomic E-state index is -0.299. The summed E-state index contributed by atoms with van der Waals surface area (Å²) < 4.78 is 14.0. The summed E-state index contributed by atoms with van der Waals surface area (Å²) in [7, 11) is 0. The van der Waals surface area contributed by atoms with Crippen molar-refractivity contribution in [2.45, 2.75) is 50.8 Å². The molecule has 1 saturated carbocycles. The smallest absolute Gasteiger partial charge is 0.129 e. The van der Waals surface area contributed by atoms with Gasteiger partial charge in [-0.25, -0.2) is 4.39 Å². The molecule has 1 aliphatic heterocycles. The van der Waals surface area contributed by atoms with Crippen LogP contribution in [-0.2, 0) is 6.54 Å². The Hall–Kier alpha value is -1.44. The van der Waals surface area contributed by atoms with Gasteiger partial charge < -0.3 is 5.11 Å². The van der Waals surface area contributed by atoms with Gasteiger partial charge >= 0.3 is 0 Å². The molecule has 1 heterocycles. The van der Waals surface area contributed by atoms with Gasteiger partial charge in [-0.05, 0) is 44.4 Å². The lowest BCUT2D eigenvalue weighted by Gasteiger charge is -2.31. The fraction of sp³-hybridized carbons (Fsp3) is 0.588. The molecule has 2 aliphatic rings. The summed E-state index contributed by atoms with van der Waals surface area (Å²) in [5, 5.41) is 18.9. The van der Waals surface area contributed by atoms with E-state index in [1.54, 1.807) is 12.1 Å². The monoisotopic (exact) mass is 288 g/mol. The zero-order chi connectivity index (χ0) is 14.8. The van der Waals surface area contributed by atoms with Crippen LogP contribution < -0.4 is 0 Å². The van der Waals surface area contributed by atoms with Crippen LogP contribution in [0.25, 0.3) is 0 Å². The highest BCUT2D eigenvalue weighted by Crippen LogP contribution is 2.36. The van der Waals surface area contributed by atoms with Gasteiger partial charge in [0.25, 0.3) is 0 Å². The van der Waals surface area contributed by atoms with E-state index in [-0.39, 0.29) is 11.9 Å². The van der Waals surface area contributed by atoms with E-state index in [1.807, 2.05) is 6.07 Å². The first-order chi connectivity index (χ1) is 10.2. The Bertz CT molecular complexity index is 554. The molecule has 4 heteroatoms. The number of benzene rings is 1. The molecule has 0 aromatic heterocycles. The molecule has 1 aromatic carbocycles. The third kappa shape index (κ3) is 2.95. The van der Waals surface area contributed by atoms with Crippen molar-refractivity contribution in [3.8, 4) is 6.07 Å². The number of likely N-dealkylation sites (tertiary alicyclic amines) is 1. The fourth-order valence-electron chi connectivity index (χ4n) is 3.91. The summed E-state index contributed by atoms with van der Waals surface area (Å²) in [5.41, 5.74) is 1.01. The number of halogens is 1. The van der Waals surface area contributed by atoms with E-state index in [1.165, 1.54) is 6.07 Å². The first-order valence-electron chi connectivity index (χ1n) is 7.79. The number of hydrogen-bond acceptors (Lipinski definition) is 3. The molecule has 0 radical (unpaired) electrons. The Labute approximate surface area is 125 Å². The van der Waals surface area contributed by atoms with Crippen LogP contribution in [0.5, 0.6) is 0 Å². The van der Waals surface area contributed by atoms with E-state index in [0.29, 0.717) is 29.6 Å². The maximum absolute atomic E-state index is 14.0. The molecule has 0 bridgehead atoms. The first kappa shape index (κ1) is 14.5. The van der Waals surface area contributed by atoms with Crippen LogP contribution in [-0.4, -0.2) is 28.7 Å². The number of nitriles is 1. The number of aliphatic hydroxyl groups excluding tert-OH is 1. The number of hydrogen-bond donors (Lipinski definition) is 1.